The van der Waals surface area contributed by atoms with Crippen molar-refractivity contribution in [1.82, 2.24) is 72.4 Å². The largest absolute Gasteiger partial charge is 0.508 e. The standard InChI is InChI=1S/C26H33N3O2.C25H32FN3O2.2C24H29F2N3O2.C21H26N2O2/c1-26(20-7-5-4-6-8-20)16-23(26)25(31)27-17-22(29(2)3)15-18-9-11-19(12-10-18)24(30)28-21-13-14-21;1-16-11-20(23(30)27-3)22(26)13-17(16)12-19(29(4)5)15-28-24(31)21-14-25(21,2)18-9-7-6-8-10-18;1-24(16-8-6-5-7-9-16)13-19(24)23(31)28-14-17(29(3)4)10-15-11-21(26)18(12-20(15)25)22(30)27-2;1-24(16-8-6-5-7-9-16)13-18(24)22(30)28-14-17(29(3)4)10-15-11-19(25)21(20(26)12-15)23(31)27-2;1-23(2)17(12-15-8-10-18(24)11-9-15)14-22-21(25)20-13-19(20)16-6-4-3-5-7-16/h4-12,21-23H,13-17H2,1-3H3,(H,27,31)(H,28,30);6-11,13,19,21H,12,14-15H2,1-5H3,(H,27,30)(H,28,31);5-9,11-12,17,19H,10,13-14H2,1-4H3,(H,27,30)(H,28,31);5-9,11-12,17-18H,10,13-14H2,1-4H3,(H,27,31)(H,28,30);3-11,17,19-20,24H,12-14H2,1-2H3,(H,22,25)/t22-,23-,26+;19-,21-,25-;17-,19-,24+;17-,18-,24+;17-,19+,20+/m00000/s1. The molecule has 24 nitrogen and oxygen atoms in total. The minimum atomic E-state index is -0.896. The Morgan fingerprint density at radius 2 is 0.651 bits per heavy atom. The highest BCUT2D eigenvalue weighted by molar-refractivity contribution is 5.97. The zero-order valence-electron chi connectivity index (χ0n) is 89.2. The van der Waals surface area contributed by atoms with Crippen LogP contribution in [-0.4, -0.2) is 243 Å². The highest BCUT2D eigenvalue weighted by Crippen LogP contribution is 2.57. The Kier molecular flexibility index (Phi) is 39.4. The van der Waals surface area contributed by atoms with Gasteiger partial charge in [0.25, 0.3) is 23.6 Å². The molecule has 6 fully saturated rings. The van der Waals surface area contributed by atoms with Crippen molar-refractivity contribution in [1.29, 1.82) is 0 Å². The van der Waals surface area contributed by atoms with E-state index in [0.717, 1.165) is 103 Å². The molecule has 9 amide bonds. The third kappa shape index (κ3) is 30.5. The lowest BCUT2D eigenvalue weighted by Gasteiger charge is -2.26. The van der Waals surface area contributed by atoms with Gasteiger partial charge >= 0.3 is 0 Å². The maximum absolute atomic E-state index is 14.5. The third-order valence-corrected chi connectivity index (χ3v) is 31.0. The molecule has 0 unspecified atom stereocenters. The summed E-state index contributed by atoms with van der Waals surface area (Å²) in [4.78, 5) is 121. The van der Waals surface area contributed by atoms with E-state index in [1.807, 2.05) is 244 Å². The maximum atomic E-state index is 14.5. The van der Waals surface area contributed by atoms with Crippen LogP contribution in [0.2, 0.25) is 0 Å². The van der Waals surface area contributed by atoms with Crippen LogP contribution in [0.5, 0.6) is 5.75 Å². The summed E-state index contributed by atoms with van der Waals surface area (Å²) in [7, 11) is 23.6. The molecule has 0 bridgehead atoms. The first kappa shape index (κ1) is 114. The lowest BCUT2D eigenvalue weighted by Crippen LogP contribution is -2.42. The summed E-state index contributed by atoms with van der Waals surface area (Å²) in [5.41, 5.74) is 9.97. The van der Waals surface area contributed by atoms with Crippen molar-refractivity contribution in [2.45, 2.75) is 175 Å². The topological polar surface area (TPSA) is 298 Å². The Balaban J connectivity index is 0.000000166. The average molecular weight is 2040 g/mol. The second-order valence-electron chi connectivity index (χ2n) is 42.8. The van der Waals surface area contributed by atoms with Crippen LogP contribution in [0.25, 0.3) is 0 Å². The van der Waals surface area contributed by atoms with Crippen LogP contribution < -0.4 is 47.9 Å². The van der Waals surface area contributed by atoms with E-state index in [-0.39, 0.29) is 146 Å². The lowest BCUT2D eigenvalue weighted by molar-refractivity contribution is -0.123. The number of phenolic OH excluding ortho intramolecular Hbond substituents is 1. The molecule has 794 valence electrons. The van der Waals surface area contributed by atoms with Gasteiger partial charge in [0, 0.05) is 147 Å². The van der Waals surface area contributed by atoms with E-state index in [2.05, 4.69) is 122 Å². The molecule has 6 aliphatic rings. The molecule has 6 saturated carbocycles. The van der Waals surface area contributed by atoms with Crippen molar-refractivity contribution in [3.05, 3.63) is 349 Å². The van der Waals surface area contributed by atoms with E-state index < -0.39 is 52.4 Å². The summed E-state index contributed by atoms with van der Waals surface area (Å²) < 4.78 is 71.8. The number of halogens is 5. The monoisotopic (exact) mass is 2040 g/mol. The summed E-state index contributed by atoms with van der Waals surface area (Å²) in [5, 5.41) is 34.8. The number of benzene rings is 10. The molecule has 0 spiro atoms. The van der Waals surface area contributed by atoms with Crippen molar-refractivity contribution >= 4 is 53.2 Å². The Labute approximate surface area is 875 Å². The van der Waals surface area contributed by atoms with Gasteiger partial charge in [-0.05, 0) is 282 Å². The molecule has 10 N–H and O–H groups in total. The first-order valence-corrected chi connectivity index (χ1v) is 51.5. The molecule has 0 saturated heterocycles. The Bertz CT molecular complexity index is 6070. The molecule has 16 rings (SSSR count). The molecular formula is C120H149F5N14O10. The van der Waals surface area contributed by atoms with Crippen molar-refractivity contribution in [2.24, 2.45) is 29.6 Å². The Morgan fingerprint density at radius 1 is 0.342 bits per heavy atom. The molecule has 10 aromatic carbocycles. The highest BCUT2D eigenvalue weighted by Gasteiger charge is 2.59. The smallest absolute Gasteiger partial charge is 0.256 e. The van der Waals surface area contributed by atoms with E-state index >= 15 is 0 Å². The second-order valence-corrected chi connectivity index (χ2v) is 42.8. The number of aromatic hydroxyl groups is 1. The molecule has 0 heterocycles. The molecule has 10 aromatic rings. The molecule has 29 heteroatoms. The zero-order chi connectivity index (χ0) is 108. The van der Waals surface area contributed by atoms with Crippen LogP contribution in [0.3, 0.4) is 0 Å². The van der Waals surface area contributed by atoms with Crippen molar-refractivity contribution in [2.75, 3.05) is 124 Å². The van der Waals surface area contributed by atoms with E-state index in [9.17, 15) is 70.2 Å². The number of rotatable bonds is 40. The third-order valence-electron chi connectivity index (χ3n) is 31.0. The molecular weight excluding hydrogens is 1890 g/mol. The fourth-order valence-corrected chi connectivity index (χ4v) is 19.6. The number of amides is 9. The van der Waals surface area contributed by atoms with E-state index in [1.165, 1.54) is 56.0 Å². The van der Waals surface area contributed by atoms with Crippen LogP contribution in [0, 0.1) is 65.6 Å². The van der Waals surface area contributed by atoms with Gasteiger partial charge in [-0.3, -0.25) is 43.2 Å². The summed E-state index contributed by atoms with van der Waals surface area (Å²) in [6, 6.07) is 73.6. The number of carbonyl (C=O) groups excluding carboxylic acids is 9. The first-order valence-electron chi connectivity index (χ1n) is 51.5. The quantitative estimate of drug-likeness (QED) is 0.0160. The van der Waals surface area contributed by atoms with Crippen LogP contribution >= 0.6 is 0 Å². The average Bonchev–Trinajstić information content (AvgIpc) is 1.59. The van der Waals surface area contributed by atoms with Crippen LogP contribution in [0.1, 0.15) is 181 Å². The number of aryl methyl sites for hydroxylation is 1. The first-order chi connectivity index (χ1) is 70.9. The van der Waals surface area contributed by atoms with Gasteiger partial charge in [-0.15, -0.1) is 0 Å². The van der Waals surface area contributed by atoms with Crippen molar-refractivity contribution in [3.8, 4) is 5.75 Å². The maximum Gasteiger partial charge on any atom is 0.256 e. The number of hydrogen-bond acceptors (Lipinski definition) is 15. The number of likely N-dealkylation sites (N-methyl/N-ethyl adjacent to an activating group) is 5. The predicted molar refractivity (Wildman–Crippen MR) is 575 cm³/mol. The van der Waals surface area contributed by atoms with Gasteiger partial charge in [0.1, 0.15) is 40.4 Å². The minimum absolute atomic E-state index is 0.00877. The van der Waals surface area contributed by atoms with E-state index in [0.29, 0.717) is 68.7 Å². The second kappa shape index (κ2) is 51.3. The van der Waals surface area contributed by atoms with Gasteiger partial charge in [0.2, 0.25) is 29.5 Å². The fraction of sp³-hybridized carbons (Fsp3) is 0.425. The van der Waals surface area contributed by atoms with Gasteiger partial charge in [0.05, 0.1) is 11.1 Å². The fourth-order valence-electron chi connectivity index (χ4n) is 19.6. The molecule has 0 aromatic heterocycles. The van der Waals surface area contributed by atoms with Crippen molar-refractivity contribution < 1.29 is 70.2 Å². The van der Waals surface area contributed by atoms with E-state index in [1.54, 1.807) is 18.2 Å². The molecule has 149 heavy (non-hydrogen) atoms. The molecule has 15 atom stereocenters. The SMILES string of the molecule is CN(C)[C@H](CNC(=O)[C@@H]1C[C@@H]1c1ccccc1)Cc1ccc(O)cc1.CN(C)[C@H](CNC(=O)[C@@H]1C[C@]1(C)c1ccccc1)Cc1ccc(C(=O)NC2CC2)cc1.CNC(=O)c1c(F)cc(C[C@@H](CNC(=O)[C@@H]2C[C@]2(C)c2ccccc2)N(C)C)cc1F.CNC(=O)c1cc(C)c(C[C@@H](CNC(=O)[C@@H]2C[C@@]2(C)c2ccccc2)N(C)C)cc1F.CNC(=O)c1cc(F)c(C[C@@H](CNC(=O)[C@@H]2C[C@]2(C)c2ccccc2)N(C)C)cc1F. The highest BCUT2D eigenvalue weighted by atomic mass is 19.1. The Morgan fingerprint density at radius 3 is 0.993 bits per heavy atom. The summed E-state index contributed by atoms with van der Waals surface area (Å²) in [6.45, 7) is 12.7. The van der Waals surface area contributed by atoms with Crippen LogP contribution in [0.15, 0.2) is 237 Å². The van der Waals surface area contributed by atoms with Crippen LogP contribution in [-0.2, 0) is 77.7 Å². The van der Waals surface area contributed by atoms with Crippen molar-refractivity contribution in [3.63, 3.8) is 0 Å². The number of phenols is 1. The number of nitrogens with zero attached hydrogens (tertiary/aromatic N) is 5. The van der Waals surface area contributed by atoms with Gasteiger partial charge < -0.3 is 77.5 Å². The molecule has 0 aliphatic heterocycles. The van der Waals surface area contributed by atoms with Gasteiger partial charge in [-0.25, -0.2) is 22.0 Å². The van der Waals surface area contributed by atoms with Crippen LogP contribution in [0.4, 0.5) is 22.0 Å². The summed E-state index contributed by atoms with van der Waals surface area (Å²) >= 11 is 0. The number of hydrogen-bond donors (Lipinski definition) is 10. The molecule has 6 aliphatic carbocycles. The van der Waals surface area contributed by atoms with E-state index in [4.69, 9.17) is 0 Å². The number of carbonyl (C=O) groups is 9. The lowest BCUT2D eigenvalue weighted by atomic mass is 9.95. The van der Waals surface area contributed by atoms with Gasteiger partial charge in [-0.2, -0.15) is 0 Å². The minimum Gasteiger partial charge on any atom is -0.508 e. The zero-order valence-corrected chi connectivity index (χ0v) is 89.2. The molecule has 0 radical (unpaired) electrons. The van der Waals surface area contributed by atoms with Gasteiger partial charge in [-0.1, -0.05) is 204 Å². The Hall–Kier alpha value is -13.3. The predicted octanol–water partition coefficient (Wildman–Crippen LogP) is 14.8. The van der Waals surface area contributed by atoms with Gasteiger partial charge in [0.15, 0.2) is 0 Å². The summed E-state index contributed by atoms with van der Waals surface area (Å²) in [6.07, 6.45) is 9.21. The summed E-state index contributed by atoms with van der Waals surface area (Å²) in [5.74, 6) is -4.71. The number of nitrogens with one attached hydrogen (secondary N) is 9. The normalized spacial score (nSPS) is 21.3.